The quantitative estimate of drug-likeness (QED) is 0.419. The average molecular weight is 389 g/mol. The number of fused-ring (bicyclic) bond motifs is 1. The minimum atomic E-state index is -0.307. The average Bonchev–Trinajstić information content (AvgIpc) is 3.05. The number of benzene rings is 2. The van der Waals surface area contributed by atoms with Crippen LogP contribution in [0.2, 0.25) is 5.02 Å². The Morgan fingerprint density at radius 3 is 2.78 bits per heavy atom. The molecule has 1 aliphatic heterocycles. The van der Waals surface area contributed by atoms with Gasteiger partial charge < -0.3 is 14.5 Å². The summed E-state index contributed by atoms with van der Waals surface area (Å²) in [6.45, 7) is 6.95. The van der Waals surface area contributed by atoms with Gasteiger partial charge in [0.05, 0.1) is 6.61 Å². The molecule has 0 radical (unpaired) electrons. The molecule has 0 atom stereocenters. The third kappa shape index (κ3) is 5.02. The highest BCUT2D eigenvalue weighted by atomic mass is 35.5. The van der Waals surface area contributed by atoms with E-state index in [2.05, 4.69) is 23.4 Å². The second kappa shape index (κ2) is 9.25. The fourth-order valence-electron chi connectivity index (χ4n) is 3.37. The number of hydrogen-bond donors (Lipinski definition) is 0. The molecule has 2 aromatic rings. The number of rotatable bonds is 9. The molecule has 0 aromatic heterocycles. The summed E-state index contributed by atoms with van der Waals surface area (Å²) in [6, 6.07) is 11.1. The van der Waals surface area contributed by atoms with Crippen molar-refractivity contribution in [1.82, 2.24) is 4.90 Å². The Bertz CT molecular complexity index is 779. The molecule has 1 heterocycles. The first-order valence-corrected chi connectivity index (χ1v) is 9.74. The fourth-order valence-corrected chi connectivity index (χ4v) is 3.49. The van der Waals surface area contributed by atoms with E-state index in [4.69, 9.17) is 16.3 Å². The molecule has 0 fully saturated rings. The zero-order valence-electron chi connectivity index (χ0n) is 15.8. The summed E-state index contributed by atoms with van der Waals surface area (Å²) in [7, 11) is 2.06. The van der Waals surface area contributed by atoms with Crippen LogP contribution in [0, 0.1) is 5.82 Å². The topological polar surface area (TPSA) is 15.7 Å². The van der Waals surface area contributed by atoms with Crippen LogP contribution < -0.4 is 9.64 Å². The van der Waals surface area contributed by atoms with E-state index in [9.17, 15) is 4.39 Å². The summed E-state index contributed by atoms with van der Waals surface area (Å²) < 4.78 is 20.3. The number of ether oxygens (including phenoxy) is 1. The van der Waals surface area contributed by atoms with Gasteiger partial charge in [-0.15, -0.1) is 6.58 Å². The van der Waals surface area contributed by atoms with Gasteiger partial charge in [0.2, 0.25) is 0 Å². The number of likely N-dealkylation sites (N-methyl/N-ethyl adjacent to an activating group) is 1. The van der Waals surface area contributed by atoms with Gasteiger partial charge in [0.1, 0.15) is 0 Å². The Morgan fingerprint density at radius 2 is 2.04 bits per heavy atom. The molecule has 0 N–H and O–H groups in total. The first-order chi connectivity index (χ1) is 13.1. The van der Waals surface area contributed by atoms with Crippen LogP contribution in [0.25, 0.3) is 0 Å². The molecule has 0 bridgehead atoms. The largest absolute Gasteiger partial charge is 0.491 e. The van der Waals surface area contributed by atoms with Crippen LogP contribution in [-0.2, 0) is 6.42 Å². The summed E-state index contributed by atoms with van der Waals surface area (Å²) >= 11 is 5.97. The third-order valence-electron chi connectivity index (χ3n) is 4.80. The van der Waals surface area contributed by atoms with Crippen molar-refractivity contribution >= 4 is 23.0 Å². The van der Waals surface area contributed by atoms with Gasteiger partial charge in [-0.1, -0.05) is 17.7 Å². The van der Waals surface area contributed by atoms with E-state index in [-0.39, 0.29) is 5.82 Å². The molecule has 0 spiro atoms. The van der Waals surface area contributed by atoms with E-state index in [1.807, 2.05) is 36.4 Å². The SMILES string of the molecule is C=CCN(C)CCCCOc1cc2c(cc1F)N(c1ccc(Cl)cc1)CC2. The van der Waals surface area contributed by atoms with E-state index in [0.717, 1.165) is 55.8 Å². The van der Waals surface area contributed by atoms with E-state index >= 15 is 0 Å². The van der Waals surface area contributed by atoms with Crippen molar-refractivity contribution in [1.29, 1.82) is 0 Å². The Hall–Kier alpha value is -2.04. The molecule has 2 aromatic carbocycles. The van der Waals surface area contributed by atoms with Crippen molar-refractivity contribution in [3.05, 3.63) is 65.5 Å². The van der Waals surface area contributed by atoms with E-state index < -0.39 is 0 Å². The first-order valence-electron chi connectivity index (χ1n) is 9.36. The molecule has 0 unspecified atom stereocenters. The van der Waals surface area contributed by atoms with Gasteiger partial charge in [0, 0.05) is 35.6 Å². The Kier molecular flexibility index (Phi) is 6.75. The summed E-state index contributed by atoms with van der Waals surface area (Å²) in [5, 5.41) is 0.698. The number of nitrogens with zero attached hydrogens (tertiary/aromatic N) is 2. The van der Waals surface area contributed by atoms with Crippen LogP contribution in [0.5, 0.6) is 5.75 Å². The summed E-state index contributed by atoms with van der Waals surface area (Å²) in [5.41, 5.74) is 3.05. The summed E-state index contributed by atoms with van der Waals surface area (Å²) in [6.07, 6.45) is 4.68. The van der Waals surface area contributed by atoms with Crippen LogP contribution in [0.15, 0.2) is 49.1 Å². The van der Waals surface area contributed by atoms with Gasteiger partial charge in [0.25, 0.3) is 0 Å². The van der Waals surface area contributed by atoms with Crippen LogP contribution in [-0.4, -0.2) is 38.2 Å². The van der Waals surface area contributed by atoms with Gasteiger partial charge in [-0.3, -0.25) is 0 Å². The molecule has 0 saturated heterocycles. The molecule has 0 aliphatic carbocycles. The van der Waals surface area contributed by atoms with E-state index in [1.165, 1.54) is 0 Å². The lowest BCUT2D eigenvalue weighted by Crippen LogP contribution is -2.19. The van der Waals surface area contributed by atoms with Gasteiger partial charge in [-0.25, -0.2) is 4.39 Å². The maximum atomic E-state index is 14.5. The lowest BCUT2D eigenvalue weighted by atomic mass is 10.1. The second-order valence-electron chi connectivity index (χ2n) is 6.90. The molecule has 0 saturated carbocycles. The molecular formula is C22H26ClFN2O. The monoisotopic (exact) mass is 388 g/mol. The lowest BCUT2D eigenvalue weighted by Gasteiger charge is -2.20. The minimum Gasteiger partial charge on any atom is -0.491 e. The predicted octanol–water partition coefficient (Wildman–Crippen LogP) is 5.45. The van der Waals surface area contributed by atoms with E-state index in [0.29, 0.717) is 17.4 Å². The molecule has 0 amide bonds. The van der Waals surface area contributed by atoms with Crippen LogP contribution >= 0.6 is 11.6 Å². The normalized spacial score (nSPS) is 13.1. The highest BCUT2D eigenvalue weighted by molar-refractivity contribution is 6.30. The first kappa shape index (κ1) is 19.7. The highest BCUT2D eigenvalue weighted by Gasteiger charge is 2.23. The van der Waals surface area contributed by atoms with Crippen molar-refractivity contribution in [2.24, 2.45) is 0 Å². The van der Waals surface area contributed by atoms with E-state index in [1.54, 1.807) is 6.07 Å². The molecule has 1 aliphatic rings. The zero-order valence-corrected chi connectivity index (χ0v) is 16.5. The van der Waals surface area contributed by atoms with Gasteiger partial charge in [-0.2, -0.15) is 0 Å². The predicted molar refractivity (Wildman–Crippen MR) is 111 cm³/mol. The number of anilines is 2. The smallest absolute Gasteiger partial charge is 0.167 e. The van der Waals surface area contributed by atoms with Crippen LogP contribution in [0.1, 0.15) is 18.4 Å². The highest BCUT2D eigenvalue weighted by Crippen LogP contribution is 2.38. The second-order valence-corrected chi connectivity index (χ2v) is 7.33. The standard InChI is InChI=1S/C22H26ClFN2O/c1-3-11-25(2)12-4-5-14-27-22-15-17-10-13-26(21(17)16-20(22)24)19-8-6-18(23)7-9-19/h3,6-9,15-16H,1,4-5,10-14H2,2H3. The van der Waals surface area contributed by atoms with Crippen molar-refractivity contribution in [2.45, 2.75) is 19.3 Å². The maximum Gasteiger partial charge on any atom is 0.167 e. The maximum absolute atomic E-state index is 14.5. The van der Waals surface area contributed by atoms with Crippen molar-refractivity contribution in [3.8, 4) is 5.75 Å². The summed E-state index contributed by atoms with van der Waals surface area (Å²) in [4.78, 5) is 4.32. The Balaban J connectivity index is 1.59. The molecule has 5 heteroatoms. The zero-order chi connectivity index (χ0) is 19.2. The number of halogens is 2. The lowest BCUT2D eigenvalue weighted by molar-refractivity contribution is 0.277. The van der Waals surface area contributed by atoms with Gasteiger partial charge in [-0.05, 0) is 68.8 Å². The molecule has 3 nitrogen and oxygen atoms in total. The van der Waals surface area contributed by atoms with Gasteiger partial charge in [0.15, 0.2) is 11.6 Å². The van der Waals surface area contributed by atoms with Gasteiger partial charge >= 0.3 is 0 Å². The van der Waals surface area contributed by atoms with Crippen molar-refractivity contribution < 1.29 is 9.13 Å². The Labute approximate surface area is 166 Å². The molecular weight excluding hydrogens is 363 g/mol. The van der Waals surface area contributed by atoms with Crippen molar-refractivity contribution in [3.63, 3.8) is 0 Å². The van der Waals surface area contributed by atoms with Crippen LogP contribution in [0.3, 0.4) is 0 Å². The molecule has 144 valence electrons. The minimum absolute atomic E-state index is 0.307. The van der Waals surface area contributed by atoms with Crippen LogP contribution in [0.4, 0.5) is 15.8 Å². The fraction of sp³-hybridized carbons (Fsp3) is 0.364. The number of hydrogen-bond acceptors (Lipinski definition) is 3. The summed E-state index contributed by atoms with van der Waals surface area (Å²) in [5.74, 6) is 0.0459. The third-order valence-corrected chi connectivity index (χ3v) is 5.05. The molecule has 3 rings (SSSR count). The Morgan fingerprint density at radius 1 is 1.26 bits per heavy atom. The number of unbranched alkanes of at least 4 members (excludes halogenated alkanes) is 1. The molecule has 27 heavy (non-hydrogen) atoms. The van der Waals surface area contributed by atoms with Crippen molar-refractivity contribution in [2.75, 3.05) is 38.2 Å².